The van der Waals surface area contributed by atoms with Gasteiger partial charge in [-0.1, -0.05) is 23.7 Å². The van der Waals surface area contributed by atoms with Crippen molar-refractivity contribution in [1.29, 1.82) is 0 Å². The molecule has 2 aromatic heterocycles. The second kappa shape index (κ2) is 8.06. The molecule has 2 aliphatic rings. The highest BCUT2D eigenvalue weighted by Gasteiger charge is 2.43. The minimum Gasteiger partial charge on any atom is -0.381 e. The molecule has 1 aliphatic heterocycles. The van der Waals surface area contributed by atoms with Gasteiger partial charge < -0.3 is 9.47 Å². The molecule has 1 atom stereocenters. The Morgan fingerprint density at radius 3 is 2.83 bits per heavy atom. The van der Waals surface area contributed by atoms with Gasteiger partial charge in [0.15, 0.2) is 0 Å². The fraction of sp³-hybridized carbons (Fsp3) is 0.455. The average Bonchev–Trinajstić information content (AvgIpc) is 3.45. The maximum atomic E-state index is 6.39. The molecule has 7 nitrogen and oxygen atoms in total. The number of nitrogens with one attached hydrogen (secondary N) is 1. The van der Waals surface area contributed by atoms with E-state index < -0.39 is 5.60 Å². The van der Waals surface area contributed by atoms with Crippen molar-refractivity contribution in [3.8, 4) is 22.5 Å². The Morgan fingerprint density at radius 1 is 1.20 bits per heavy atom. The van der Waals surface area contributed by atoms with Gasteiger partial charge in [0.2, 0.25) is 5.82 Å². The Labute approximate surface area is 180 Å². The van der Waals surface area contributed by atoms with E-state index in [-0.39, 0.29) is 0 Å². The number of hydrogen-bond donors (Lipinski definition) is 1. The average molecular weight is 426 g/mol. The van der Waals surface area contributed by atoms with Crippen LogP contribution in [0.4, 0.5) is 0 Å². The van der Waals surface area contributed by atoms with Crippen molar-refractivity contribution in [1.82, 2.24) is 25.6 Å². The van der Waals surface area contributed by atoms with Crippen LogP contribution in [0.15, 0.2) is 24.3 Å². The standard InChI is InChI=1S/C22H24ClN5O2/c1-29-13-22(10-5-11-30-22)20-19(21-25-27-28-26-21)18(14-6-4-7-15(23)12-14)16-8-2-3-9-17(16)24-20/h4,6-7,12H,2-3,5,8-11,13H2,1H3,(H,25,26,27,28). The van der Waals surface area contributed by atoms with Crippen LogP contribution in [-0.4, -0.2) is 45.9 Å². The van der Waals surface area contributed by atoms with E-state index in [0.29, 0.717) is 24.1 Å². The Morgan fingerprint density at radius 2 is 2.10 bits per heavy atom. The van der Waals surface area contributed by atoms with Crippen LogP contribution in [0.1, 0.15) is 42.6 Å². The highest BCUT2D eigenvalue weighted by atomic mass is 35.5. The second-order valence-corrected chi connectivity index (χ2v) is 8.40. The summed E-state index contributed by atoms with van der Waals surface area (Å²) in [7, 11) is 1.70. The topological polar surface area (TPSA) is 85.8 Å². The Hall–Kier alpha value is -2.35. The van der Waals surface area contributed by atoms with E-state index in [1.165, 1.54) is 5.56 Å². The molecule has 0 bridgehead atoms. The Kier molecular flexibility index (Phi) is 5.26. The molecule has 1 unspecified atom stereocenters. The number of nitrogens with zero attached hydrogens (tertiary/aromatic N) is 4. The number of pyridine rings is 1. The number of aromatic nitrogens is 5. The molecule has 156 valence electrons. The summed E-state index contributed by atoms with van der Waals surface area (Å²) >= 11 is 6.39. The summed E-state index contributed by atoms with van der Waals surface area (Å²) in [5, 5.41) is 15.8. The summed E-state index contributed by atoms with van der Waals surface area (Å²) in [5.41, 5.74) is 5.59. The van der Waals surface area contributed by atoms with Crippen molar-refractivity contribution in [2.75, 3.05) is 20.3 Å². The highest BCUT2D eigenvalue weighted by Crippen LogP contribution is 2.46. The van der Waals surface area contributed by atoms with E-state index >= 15 is 0 Å². The number of aryl methyl sites for hydroxylation is 1. The predicted molar refractivity (Wildman–Crippen MR) is 113 cm³/mol. The van der Waals surface area contributed by atoms with Crippen molar-refractivity contribution in [2.24, 2.45) is 0 Å². The van der Waals surface area contributed by atoms with Crippen molar-refractivity contribution in [3.63, 3.8) is 0 Å². The van der Waals surface area contributed by atoms with Gasteiger partial charge in [0.05, 0.1) is 17.9 Å². The van der Waals surface area contributed by atoms with E-state index in [4.69, 9.17) is 26.1 Å². The molecule has 1 aliphatic carbocycles. The number of H-pyrrole nitrogens is 1. The number of rotatable bonds is 5. The summed E-state index contributed by atoms with van der Waals surface area (Å²) < 4.78 is 11.9. The first-order valence-electron chi connectivity index (χ1n) is 10.4. The number of aromatic amines is 1. The van der Waals surface area contributed by atoms with Crippen LogP contribution < -0.4 is 0 Å². The second-order valence-electron chi connectivity index (χ2n) is 7.97. The number of methoxy groups -OCH3 is 1. The van der Waals surface area contributed by atoms with Crippen LogP contribution in [-0.2, 0) is 27.9 Å². The van der Waals surface area contributed by atoms with E-state index in [9.17, 15) is 0 Å². The molecule has 5 rings (SSSR count). The largest absolute Gasteiger partial charge is 0.381 e. The molecule has 1 aromatic carbocycles. The summed E-state index contributed by atoms with van der Waals surface area (Å²) in [6.45, 7) is 1.11. The van der Waals surface area contributed by atoms with Gasteiger partial charge in [0, 0.05) is 24.4 Å². The van der Waals surface area contributed by atoms with Gasteiger partial charge in [-0.05, 0) is 72.6 Å². The molecule has 3 aromatic rings. The van der Waals surface area contributed by atoms with E-state index in [1.54, 1.807) is 7.11 Å². The highest BCUT2D eigenvalue weighted by molar-refractivity contribution is 6.30. The van der Waals surface area contributed by atoms with Gasteiger partial charge in [0.25, 0.3) is 0 Å². The van der Waals surface area contributed by atoms with Gasteiger partial charge in [-0.15, -0.1) is 10.2 Å². The first-order chi connectivity index (χ1) is 14.7. The maximum absolute atomic E-state index is 6.39. The van der Waals surface area contributed by atoms with Crippen molar-refractivity contribution >= 4 is 11.6 Å². The van der Waals surface area contributed by atoms with Crippen molar-refractivity contribution in [2.45, 2.75) is 44.1 Å². The Bertz CT molecular complexity index is 1050. The molecule has 1 saturated heterocycles. The van der Waals surface area contributed by atoms with Gasteiger partial charge >= 0.3 is 0 Å². The molecule has 8 heteroatoms. The van der Waals surface area contributed by atoms with Crippen LogP contribution in [0.25, 0.3) is 22.5 Å². The summed E-state index contributed by atoms with van der Waals surface area (Å²) in [6, 6.07) is 7.95. The zero-order valence-corrected chi connectivity index (χ0v) is 17.7. The molecular weight excluding hydrogens is 402 g/mol. The molecule has 1 fully saturated rings. The molecule has 0 amide bonds. The maximum Gasteiger partial charge on any atom is 0.207 e. The lowest BCUT2D eigenvalue weighted by molar-refractivity contribution is -0.0586. The van der Waals surface area contributed by atoms with Crippen LogP contribution in [0.3, 0.4) is 0 Å². The van der Waals surface area contributed by atoms with Gasteiger partial charge in [-0.3, -0.25) is 4.98 Å². The van der Waals surface area contributed by atoms with Crippen LogP contribution in [0.5, 0.6) is 0 Å². The smallest absolute Gasteiger partial charge is 0.207 e. The molecule has 0 saturated carbocycles. The third-order valence-corrected chi connectivity index (χ3v) is 6.30. The molecule has 3 heterocycles. The minimum atomic E-state index is -0.621. The molecule has 0 spiro atoms. The summed E-state index contributed by atoms with van der Waals surface area (Å²) in [5.74, 6) is 0.520. The third kappa shape index (κ3) is 3.31. The minimum absolute atomic E-state index is 0.429. The molecule has 0 radical (unpaired) electrons. The zero-order chi connectivity index (χ0) is 20.6. The first kappa shape index (κ1) is 19.6. The fourth-order valence-corrected chi connectivity index (χ4v) is 5.01. The summed E-state index contributed by atoms with van der Waals surface area (Å²) in [4.78, 5) is 5.19. The van der Waals surface area contributed by atoms with Crippen LogP contribution >= 0.6 is 11.6 Å². The Balaban J connectivity index is 1.86. The lowest BCUT2D eigenvalue weighted by Gasteiger charge is -2.32. The van der Waals surface area contributed by atoms with Crippen molar-refractivity contribution in [3.05, 3.63) is 46.2 Å². The van der Waals surface area contributed by atoms with E-state index in [0.717, 1.165) is 66.6 Å². The van der Waals surface area contributed by atoms with Crippen LogP contribution in [0.2, 0.25) is 5.02 Å². The van der Waals surface area contributed by atoms with E-state index in [2.05, 4.69) is 26.7 Å². The number of tetrazole rings is 1. The van der Waals surface area contributed by atoms with Gasteiger partial charge in [-0.2, -0.15) is 5.21 Å². The lowest BCUT2D eigenvalue weighted by Crippen LogP contribution is -2.33. The number of benzene rings is 1. The molecule has 1 N–H and O–H groups in total. The fourth-order valence-electron chi connectivity index (χ4n) is 4.82. The third-order valence-electron chi connectivity index (χ3n) is 6.07. The van der Waals surface area contributed by atoms with Gasteiger partial charge in [0.1, 0.15) is 5.60 Å². The molecule has 30 heavy (non-hydrogen) atoms. The quantitative estimate of drug-likeness (QED) is 0.661. The van der Waals surface area contributed by atoms with Crippen molar-refractivity contribution < 1.29 is 9.47 Å². The predicted octanol–water partition coefficient (Wildman–Crippen LogP) is 4.11. The summed E-state index contributed by atoms with van der Waals surface area (Å²) in [6.07, 6.45) is 5.98. The SMILES string of the molecule is COCC1(c2nc3c(c(-c4cccc(Cl)c4)c2-c2nn[nH]n2)CCCC3)CCCO1. The number of hydrogen-bond acceptors (Lipinski definition) is 6. The van der Waals surface area contributed by atoms with Crippen LogP contribution in [0, 0.1) is 0 Å². The molecular formula is C22H24ClN5O2. The first-order valence-corrected chi connectivity index (χ1v) is 10.8. The number of fused-ring (bicyclic) bond motifs is 1. The zero-order valence-electron chi connectivity index (χ0n) is 16.9. The van der Waals surface area contributed by atoms with Gasteiger partial charge in [-0.25, -0.2) is 0 Å². The monoisotopic (exact) mass is 425 g/mol. The number of halogens is 1. The number of ether oxygens (including phenoxy) is 2. The lowest BCUT2D eigenvalue weighted by atomic mass is 9.81. The normalized spacial score (nSPS) is 21.0. The van der Waals surface area contributed by atoms with E-state index in [1.807, 2.05) is 18.2 Å².